The zero-order valence-corrected chi connectivity index (χ0v) is 18.6. The van der Waals surface area contributed by atoms with Crippen LogP contribution in [0.15, 0.2) is 65.7 Å². The Kier molecular flexibility index (Phi) is 6.51. The van der Waals surface area contributed by atoms with Gasteiger partial charge in [-0.1, -0.05) is 30.3 Å². The molecule has 0 saturated heterocycles. The van der Waals surface area contributed by atoms with Gasteiger partial charge in [-0.25, -0.2) is 4.98 Å². The Balaban J connectivity index is 1.53. The van der Waals surface area contributed by atoms with E-state index in [4.69, 9.17) is 9.47 Å². The fourth-order valence-electron chi connectivity index (χ4n) is 3.29. The first kappa shape index (κ1) is 21.6. The number of fused-ring (bicyclic) bond motifs is 1. The first-order chi connectivity index (χ1) is 15.6. The summed E-state index contributed by atoms with van der Waals surface area (Å²) in [6, 6.07) is 16.9. The highest BCUT2D eigenvalue weighted by Crippen LogP contribution is 2.31. The zero-order chi connectivity index (χ0) is 22.5. The molecular weight excluding hydrogens is 426 g/mol. The minimum absolute atomic E-state index is 0.141. The molecule has 0 atom stereocenters. The molecule has 0 spiro atoms. The molecule has 2 heterocycles. The van der Waals surface area contributed by atoms with Gasteiger partial charge in [-0.2, -0.15) is 0 Å². The molecule has 1 amide bonds. The van der Waals surface area contributed by atoms with Gasteiger partial charge in [0, 0.05) is 16.6 Å². The van der Waals surface area contributed by atoms with Crippen LogP contribution >= 0.6 is 11.3 Å². The molecule has 4 rings (SSSR count). The standard InChI is InChI=1S/C24H23N3O4S/c1-3-30-19-11-10-17(12-20(19)31-4-2)26-22(28)14-27-15-25-18-13-21(32-23(18)24(27)29)16-8-6-5-7-9-16/h5-13,15H,3-4,14H2,1-2H3,(H,26,28). The molecule has 2 aromatic heterocycles. The van der Waals surface area contributed by atoms with Gasteiger partial charge in [0.2, 0.25) is 5.91 Å². The summed E-state index contributed by atoms with van der Waals surface area (Å²) in [5.41, 5.74) is 1.98. The third kappa shape index (κ3) is 4.65. The first-order valence-corrected chi connectivity index (χ1v) is 11.1. The van der Waals surface area contributed by atoms with E-state index in [9.17, 15) is 9.59 Å². The zero-order valence-electron chi connectivity index (χ0n) is 17.8. The van der Waals surface area contributed by atoms with E-state index < -0.39 is 0 Å². The molecule has 1 N–H and O–H groups in total. The molecule has 7 nitrogen and oxygen atoms in total. The average molecular weight is 450 g/mol. The van der Waals surface area contributed by atoms with E-state index in [1.165, 1.54) is 22.2 Å². The van der Waals surface area contributed by atoms with Crippen LogP contribution in [0.1, 0.15) is 13.8 Å². The Morgan fingerprint density at radius 3 is 2.53 bits per heavy atom. The lowest BCUT2D eigenvalue weighted by Crippen LogP contribution is -2.27. The van der Waals surface area contributed by atoms with Crippen LogP contribution in [-0.4, -0.2) is 28.7 Å². The number of amides is 1. The number of hydrogen-bond acceptors (Lipinski definition) is 6. The van der Waals surface area contributed by atoms with Crippen LogP contribution in [-0.2, 0) is 11.3 Å². The quantitative estimate of drug-likeness (QED) is 0.426. The highest BCUT2D eigenvalue weighted by Gasteiger charge is 2.13. The molecule has 164 valence electrons. The van der Waals surface area contributed by atoms with E-state index in [-0.39, 0.29) is 18.0 Å². The predicted molar refractivity (Wildman–Crippen MR) is 127 cm³/mol. The molecule has 0 bridgehead atoms. The summed E-state index contributed by atoms with van der Waals surface area (Å²) in [5.74, 6) is 0.837. The number of hydrogen-bond donors (Lipinski definition) is 1. The molecule has 0 aliphatic heterocycles. The van der Waals surface area contributed by atoms with Crippen LogP contribution in [0.3, 0.4) is 0 Å². The largest absolute Gasteiger partial charge is 0.490 e. The number of anilines is 1. The molecule has 4 aromatic rings. The van der Waals surface area contributed by atoms with Gasteiger partial charge in [0.1, 0.15) is 11.2 Å². The highest BCUT2D eigenvalue weighted by atomic mass is 32.1. The Morgan fingerprint density at radius 2 is 1.78 bits per heavy atom. The Bertz CT molecular complexity index is 1300. The number of carbonyl (C=O) groups excluding carboxylic acids is 1. The van der Waals surface area contributed by atoms with E-state index >= 15 is 0 Å². The number of rotatable bonds is 8. The second-order valence-electron chi connectivity index (χ2n) is 6.94. The second-order valence-corrected chi connectivity index (χ2v) is 8.00. The van der Waals surface area contributed by atoms with E-state index in [1.54, 1.807) is 18.2 Å². The lowest BCUT2D eigenvalue weighted by molar-refractivity contribution is -0.116. The summed E-state index contributed by atoms with van der Waals surface area (Å²) in [4.78, 5) is 30.9. The van der Waals surface area contributed by atoms with Gasteiger partial charge in [-0.3, -0.25) is 14.2 Å². The van der Waals surface area contributed by atoms with Crippen LogP contribution in [0.5, 0.6) is 11.5 Å². The van der Waals surface area contributed by atoms with Gasteiger partial charge in [0.05, 0.1) is 25.1 Å². The summed E-state index contributed by atoms with van der Waals surface area (Å²) < 4.78 is 13.0. The van der Waals surface area contributed by atoms with E-state index in [0.717, 1.165) is 10.4 Å². The molecule has 0 radical (unpaired) electrons. The third-order valence-corrected chi connectivity index (χ3v) is 5.86. The summed E-state index contributed by atoms with van der Waals surface area (Å²) in [7, 11) is 0. The lowest BCUT2D eigenvalue weighted by atomic mass is 10.2. The van der Waals surface area contributed by atoms with Crippen molar-refractivity contribution in [2.75, 3.05) is 18.5 Å². The number of ether oxygens (including phenoxy) is 2. The summed E-state index contributed by atoms with van der Waals surface area (Å²) in [6.07, 6.45) is 1.41. The van der Waals surface area contributed by atoms with Crippen LogP contribution < -0.4 is 20.3 Å². The topological polar surface area (TPSA) is 82.5 Å². The van der Waals surface area contributed by atoms with Gasteiger partial charge in [0.15, 0.2) is 11.5 Å². The molecule has 0 aliphatic carbocycles. The van der Waals surface area contributed by atoms with Crippen LogP contribution in [0.25, 0.3) is 20.7 Å². The normalized spacial score (nSPS) is 10.8. The van der Waals surface area contributed by atoms with Gasteiger partial charge in [-0.15, -0.1) is 11.3 Å². The molecule has 0 unspecified atom stereocenters. The fourth-order valence-corrected chi connectivity index (χ4v) is 4.35. The summed E-state index contributed by atoms with van der Waals surface area (Å²) >= 11 is 1.38. The molecule has 8 heteroatoms. The van der Waals surface area contributed by atoms with Gasteiger partial charge >= 0.3 is 0 Å². The van der Waals surface area contributed by atoms with Gasteiger partial charge < -0.3 is 14.8 Å². The Morgan fingerprint density at radius 1 is 1.03 bits per heavy atom. The maximum Gasteiger partial charge on any atom is 0.271 e. The molecule has 0 aliphatic rings. The van der Waals surface area contributed by atoms with Crippen molar-refractivity contribution >= 4 is 33.1 Å². The number of aromatic nitrogens is 2. The first-order valence-electron chi connectivity index (χ1n) is 10.3. The monoisotopic (exact) mass is 449 g/mol. The molecule has 2 aromatic carbocycles. The molecule has 32 heavy (non-hydrogen) atoms. The van der Waals surface area contributed by atoms with Crippen LogP contribution in [0.2, 0.25) is 0 Å². The van der Waals surface area contributed by atoms with Crippen molar-refractivity contribution in [1.82, 2.24) is 9.55 Å². The number of carbonyl (C=O) groups is 1. The van der Waals surface area contributed by atoms with Crippen molar-refractivity contribution in [1.29, 1.82) is 0 Å². The van der Waals surface area contributed by atoms with E-state index in [2.05, 4.69) is 10.3 Å². The maximum absolute atomic E-state index is 12.9. The number of nitrogens with zero attached hydrogens (tertiary/aromatic N) is 2. The number of benzene rings is 2. The highest BCUT2D eigenvalue weighted by molar-refractivity contribution is 7.22. The molecular formula is C24H23N3O4S. The Hall–Kier alpha value is -3.65. The van der Waals surface area contributed by atoms with E-state index in [1.807, 2.05) is 50.2 Å². The smallest absolute Gasteiger partial charge is 0.271 e. The third-order valence-electron chi connectivity index (χ3n) is 4.70. The predicted octanol–water partition coefficient (Wildman–Crippen LogP) is 4.56. The second kappa shape index (κ2) is 9.65. The molecule has 0 fully saturated rings. The Labute approximate surface area is 189 Å². The van der Waals surface area contributed by atoms with Crippen molar-refractivity contribution in [2.24, 2.45) is 0 Å². The van der Waals surface area contributed by atoms with Gasteiger partial charge in [0.25, 0.3) is 5.56 Å². The number of nitrogens with one attached hydrogen (secondary N) is 1. The minimum Gasteiger partial charge on any atom is -0.490 e. The van der Waals surface area contributed by atoms with Crippen LogP contribution in [0.4, 0.5) is 5.69 Å². The van der Waals surface area contributed by atoms with Crippen molar-refractivity contribution in [3.63, 3.8) is 0 Å². The number of thiophene rings is 1. The maximum atomic E-state index is 12.9. The summed E-state index contributed by atoms with van der Waals surface area (Å²) in [6.45, 7) is 4.62. The van der Waals surface area contributed by atoms with E-state index in [0.29, 0.717) is 40.6 Å². The average Bonchev–Trinajstić information content (AvgIpc) is 3.24. The van der Waals surface area contributed by atoms with Crippen molar-refractivity contribution in [3.05, 3.63) is 71.3 Å². The van der Waals surface area contributed by atoms with Crippen LogP contribution in [0, 0.1) is 0 Å². The van der Waals surface area contributed by atoms with Crippen molar-refractivity contribution in [2.45, 2.75) is 20.4 Å². The fraction of sp³-hybridized carbons (Fsp3) is 0.208. The van der Waals surface area contributed by atoms with Gasteiger partial charge in [-0.05, 0) is 37.6 Å². The lowest BCUT2D eigenvalue weighted by Gasteiger charge is -2.13. The minimum atomic E-state index is -0.334. The van der Waals surface area contributed by atoms with Crippen molar-refractivity contribution < 1.29 is 14.3 Å². The SMILES string of the molecule is CCOc1ccc(NC(=O)Cn2cnc3cc(-c4ccccc4)sc3c2=O)cc1OCC. The summed E-state index contributed by atoms with van der Waals surface area (Å²) in [5, 5.41) is 2.81. The van der Waals surface area contributed by atoms with Crippen molar-refractivity contribution in [3.8, 4) is 21.9 Å². The molecule has 0 saturated carbocycles.